The van der Waals surface area contributed by atoms with E-state index in [1.807, 2.05) is 0 Å². The minimum Gasteiger partial charge on any atom is -0.439 e. The van der Waals surface area contributed by atoms with Gasteiger partial charge in [-0.3, -0.25) is 4.57 Å². The van der Waals surface area contributed by atoms with Gasteiger partial charge >= 0.3 is 5.69 Å². The molecular weight excluding hydrogens is 340 g/mol. The van der Waals surface area contributed by atoms with Gasteiger partial charge in [-0.15, -0.1) is 0 Å². The molecule has 1 saturated heterocycles. The van der Waals surface area contributed by atoms with Crippen molar-refractivity contribution in [2.24, 2.45) is 0 Å². The van der Waals surface area contributed by atoms with Crippen LogP contribution in [0.3, 0.4) is 0 Å². The van der Waals surface area contributed by atoms with Crippen molar-refractivity contribution in [3.05, 3.63) is 52.0 Å². The summed E-state index contributed by atoms with van der Waals surface area (Å²) in [5.41, 5.74) is -0.726. The third kappa shape index (κ3) is 3.28. The fourth-order valence-corrected chi connectivity index (χ4v) is 2.51. The van der Waals surface area contributed by atoms with Crippen LogP contribution in [0.4, 0.5) is 0 Å². The van der Waals surface area contributed by atoms with Crippen molar-refractivity contribution >= 4 is 11.6 Å². The molecule has 0 spiro atoms. The van der Waals surface area contributed by atoms with Crippen molar-refractivity contribution in [3.63, 3.8) is 0 Å². The summed E-state index contributed by atoms with van der Waals surface area (Å²) < 4.78 is 11.8. The standard InChI is InChI=1S/C15H15ClN2O6/c16-8-1-3-9(4-2-8)23-11-5-6-18(15(22)17-11)14-13(21)12(20)10(7-19)24-14/h1-6,10,12-14,19-21H,7H2/t10-,12-,13-,14-/m1/s1. The Labute approximate surface area is 141 Å². The summed E-state index contributed by atoms with van der Waals surface area (Å²) in [4.78, 5) is 15.9. The molecule has 1 aliphatic heterocycles. The summed E-state index contributed by atoms with van der Waals surface area (Å²) in [6, 6.07) is 7.95. The van der Waals surface area contributed by atoms with Crippen LogP contribution in [0.25, 0.3) is 0 Å². The summed E-state index contributed by atoms with van der Waals surface area (Å²) >= 11 is 5.78. The molecule has 3 rings (SSSR count). The van der Waals surface area contributed by atoms with Crippen LogP contribution in [0.1, 0.15) is 6.23 Å². The average molecular weight is 355 g/mol. The minimum absolute atomic E-state index is 0.0605. The molecule has 1 fully saturated rings. The number of nitrogens with zero attached hydrogens (tertiary/aromatic N) is 2. The first kappa shape index (κ1) is 16.9. The summed E-state index contributed by atoms with van der Waals surface area (Å²) in [7, 11) is 0. The number of aliphatic hydroxyl groups excluding tert-OH is 3. The second-order valence-corrected chi connectivity index (χ2v) is 5.68. The van der Waals surface area contributed by atoms with Crippen LogP contribution < -0.4 is 10.4 Å². The topological polar surface area (TPSA) is 114 Å². The van der Waals surface area contributed by atoms with Crippen molar-refractivity contribution < 1.29 is 24.8 Å². The summed E-state index contributed by atoms with van der Waals surface area (Å²) in [5.74, 6) is 0.516. The maximum absolute atomic E-state index is 12.1. The van der Waals surface area contributed by atoms with E-state index in [4.69, 9.17) is 26.2 Å². The summed E-state index contributed by atoms with van der Waals surface area (Å²) in [6.07, 6.45) is -3.42. The number of aromatic nitrogens is 2. The van der Waals surface area contributed by atoms with Crippen LogP contribution in [0.15, 0.2) is 41.3 Å². The molecule has 0 unspecified atom stereocenters. The zero-order valence-corrected chi connectivity index (χ0v) is 13.1. The van der Waals surface area contributed by atoms with E-state index in [1.165, 1.54) is 12.3 Å². The van der Waals surface area contributed by atoms with Crippen LogP contribution in [0.2, 0.25) is 5.02 Å². The van der Waals surface area contributed by atoms with E-state index >= 15 is 0 Å². The first-order chi connectivity index (χ1) is 11.5. The largest absolute Gasteiger partial charge is 0.439 e. The van der Waals surface area contributed by atoms with Crippen molar-refractivity contribution in [3.8, 4) is 11.6 Å². The fourth-order valence-electron chi connectivity index (χ4n) is 2.38. The van der Waals surface area contributed by atoms with Gasteiger partial charge in [0.1, 0.15) is 24.1 Å². The number of rotatable bonds is 4. The molecule has 0 amide bonds. The SMILES string of the molecule is O=c1nc(Oc2ccc(Cl)cc2)ccn1[C@@H]1O[C@H](CO)[C@@H](O)[C@H]1O. The zero-order chi connectivity index (χ0) is 17.3. The van der Waals surface area contributed by atoms with Gasteiger partial charge < -0.3 is 24.8 Å². The van der Waals surface area contributed by atoms with Crippen molar-refractivity contribution in [1.82, 2.24) is 9.55 Å². The second kappa shape index (κ2) is 6.88. The monoisotopic (exact) mass is 354 g/mol. The predicted octanol–water partition coefficient (Wildman–Crippen LogP) is 0.300. The van der Waals surface area contributed by atoms with Crippen LogP contribution in [0.5, 0.6) is 11.6 Å². The molecular formula is C15H15ClN2O6. The Morgan fingerprint density at radius 1 is 1.21 bits per heavy atom. The first-order valence-corrected chi connectivity index (χ1v) is 7.52. The highest BCUT2D eigenvalue weighted by molar-refractivity contribution is 6.30. The molecule has 8 nitrogen and oxygen atoms in total. The molecule has 128 valence electrons. The van der Waals surface area contributed by atoms with E-state index in [-0.39, 0.29) is 5.88 Å². The normalized spacial score (nSPS) is 26.5. The van der Waals surface area contributed by atoms with E-state index in [0.717, 1.165) is 4.57 Å². The number of hydrogen-bond donors (Lipinski definition) is 3. The number of ether oxygens (including phenoxy) is 2. The molecule has 1 aromatic carbocycles. The van der Waals surface area contributed by atoms with Gasteiger partial charge in [0.2, 0.25) is 5.88 Å². The number of hydrogen-bond acceptors (Lipinski definition) is 7. The Kier molecular flexibility index (Phi) is 4.83. The Bertz CT molecular complexity index is 765. The molecule has 2 aromatic rings. The lowest BCUT2D eigenvalue weighted by Gasteiger charge is -2.17. The molecule has 1 aliphatic rings. The zero-order valence-electron chi connectivity index (χ0n) is 12.3. The van der Waals surface area contributed by atoms with Crippen LogP contribution in [-0.4, -0.2) is 49.8 Å². The third-order valence-electron chi connectivity index (χ3n) is 3.63. The maximum atomic E-state index is 12.1. The molecule has 0 saturated carbocycles. The van der Waals surface area contributed by atoms with Crippen LogP contribution in [0, 0.1) is 0 Å². The van der Waals surface area contributed by atoms with Gasteiger partial charge in [-0.25, -0.2) is 4.79 Å². The highest BCUT2D eigenvalue weighted by Crippen LogP contribution is 2.28. The molecule has 0 aliphatic carbocycles. The van der Waals surface area contributed by atoms with Gasteiger partial charge in [0.05, 0.1) is 6.61 Å². The molecule has 9 heteroatoms. The number of aliphatic hydroxyl groups is 3. The van der Waals surface area contributed by atoms with Crippen molar-refractivity contribution in [2.75, 3.05) is 6.61 Å². The fraction of sp³-hybridized carbons (Fsp3) is 0.333. The smallest absolute Gasteiger partial charge is 0.353 e. The molecule has 0 bridgehead atoms. The number of benzene rings is 1. The lowest BCUT2D eigenvalue weighted by Crippen LogP contribution is -2.35. The van der Waals surface area contributed by atoms with Gasteiger partial charge in [-0.05, 0) is 24.3 Å². The summed E-state index contributed by atoms with van der Waals surface area (Å²) in [5, 5.41) is 29.3. The first-order valence-electron chi connectivity index (χ1n) is 7.14. The van der Waals surface area contributed by atoms with Gasteiger partial charge in [0.25, 0.3) is 0 Å². The van der Waals surface area contributed by atoms with E-state index in [1.54, 1.807) is 24.3 Å². The predicted molar refractivity (Wildman–Crippen MR) is 83.0 cm³/mol. The van der Waals surface area contributed by atoms with Gasteiger partial charge in [-0.1, -0.05) is 11.6 Å². The maximum Gasteiger partial charge on any atom is 0.353 e. The Morgan fingerprint density at radius 3 is 2.50 bits per heavy atom. The molecule has 4 atom stereocenters. The van der Waals surface area contributed by atoms with E-state index in [2.05, 4.69) is 4.98 Å². The molecule has 1 aromatic heterocycles. The van der Waals surface area contributed by atoms with Crippen molar-refractivity contribution in [1.29, 1.82) is 0 Å². The van der Waals surface area contributed by atoms with E-state index < -0.39 is 36.8 Å². The molecule has 3 N–H and O–H groups in total. The van der Waals surface area contributed by atoms with E-state index in [0.29, 0.717) is 10.8 Å². The quantitative estimate of drug-likeness (QED) is 0.723. The molecule has 0 radical (unpaired) electrons. The van der Waals surface area contributed by atoms with Gasteiger partial charge in [-0.2, -0.15) is 4.98 Å². The Hall–Kier alpha value is -1.97. The third-order valence-corrected chi connectivity index (χ3v) is 3.88. The Morgan fingerprint density at radius 2 is 1.92 bits per heavy atom. The molecule has 2 heterocycles. The highest BCUT2D eigenvalue weighted by atomic mass is 35.5. The second-order valence-electron chi connectivity index (χ2n) is 5.24. The van der Waals surface area contributed by atoms with Crippen molar-refractivity contribution in [2.45, 2.75) is 24.5 Å². The van der Waals surface area contributed by atoms with E-state index in [9.17, 15) is 15.0 Å². The lowest BCUT2D eigenvalue weighted by molar-refractivity contribution is -0.0550. The Balaban J connectivity index is 1.80. The lowest BCUT2D eigenvalue weighted by atomic mass is 10.1. The number of halogens is 1. The molecule has 24 heavy (non-hydrogen) atoms. The average Bonchev–Trinajstić information content (AvgIpc) is 2.85. The van der Waals surface area contributed by atoms with Crippen LogP contribution >= 0.6 is 11.6 Å². The van der Waals surface area contributed by atoms with Crippen LogP contribution in [-0.2, 0) is 4.74 Å². The van der Waals surface area contributed by atoms with Gasteiger partial charge in [0.15, 0.2) is 6.23 Å². The van der Waals surface area contributed by atoms with Gasteiger partial charge in [0, 0.05) is 17.3 Å². The highest BCUT2D eigenvalue weighted by Gasteiger charge is 2.43. The summed E-state index contributed by atoms with van der Waals surface area (Å²) in [6.45, 7) is -0.478. The minimum atomic E-state index is -1.36.